The Morgan fingerprint density at radius 2 is 2.09 bits per heavy atom. The molecular formula is C16H23N3O4. The summed E-state index contributed by atoms with van der Waals surface area (Å²) in [6, 6.07) is 4.66. The molecule has 126 valence electrons. The van der Waals surface area contributed by atoms with E-state index < -0.39 is 10.9 Å². The standard InChI is InChI=1S/C16H23N3O4/c1-3-7-17-8-4-9-18(11-10-17)13-5-6-15(19(21)22)14(12-13)16(20)23-2/h5-6,12H,3-4,7-11H2,1-2H3. The van der Waals surface area contributed by atoms with Gasteiger partial charge < -0.3 is 14.5 Å². The number of rotatable bonds is 5. The Bertz CT molecular complexity index is 576. The van der Waals surface area contributed by atoms with Gasteiger partial charge in [0.15, 0.2) is 0 Å². The summed E-state index contributed by atoms with van der Waals surface area (Å²) in [7, 11) is 1.23. The van der Waals surface area contributed by atoms with Crippen molar-refractivity contribution in [3.63, 3.8) is 0 Å². The fraction of sp³-hybridized carbons (Fsp3) is 0.562. The molecule has 0 radical (unpaired) electrons. The van der Waals surface area contributed by atoms with Crippen LogP contribution in [-0.4, -0.2) is 55.6 Å². The minimum absolute atomic E-state index is 0.00432. The van der Waals surface area contributed by atoms with E-state index >= 15 is 0 Å². The summed E-state index contributed by atoms with van der Waals surface area (Å²) in [6.45, 7) is 6.99. The van der Waals surface area contributed by atoms with Gasteiger partial charge in [-0.2, -0.15) is 0 Å². The van der Waals surface area contributed by atoms with Crippen LogP contribution < -0.4 is 4.90 Å². The predicted octanol–water partition coefficient (Wildman–Crippen LogP) is 2.30. The number of hydrogen-bond acceptors (Lipinski definition) is 6. The van der Waals surface area contributed by atoms with Crippen molar-refractivity contribution >= 4 is 17.3 Å². The zero-order valence-corrected chi connectivity index (χ0v) is 13.7. The third-order valence-corrected chi connectivity index (χ3v) is 4.08. The van der Waals surface area contributed by atoms with Crippen LogP contribution in [0.5, 0.6) is 0 Å². The van der Waals surface area contributed by atoms with Crippen molar-refractivity contribution < 1.29 is 14.5 Å². The molecule has 0 aromatic heterocycles. The van der Waals surface area contributed by atoms with Crippen LogP contribution in [-0.2, 0) is 4.74 Å². The van der Waals surface area contributed by atoms with E-state index in [0.717, 1.165) is 51.3 Å². The maximum Gasteiger partial charge on any atom is 0.344 e. The van der Waals surface area contributed by atoms with Crippen LogP contribution in [0.25, 0.3) is 0 Å². The van der Waals surface area contributed by atoms with E-state index in [2.05, 4.69) is 21.5 Å². The van der Waals surface area contributed by atoms with E-state index in [9.17, 15) is 14.9 Å². The first kappa shape index (κ1) is 17.2. The first-order valence-corrected chi connectivity index (χ1v) is 7.91. The molecule has 0 amide bonds. The van der Waals surface area contributed by atoms with Gasteiger partial charge in [0.05, 0.1) is 12.0 Å². The highest BCUT2D eigenvalue weighted by atomic mass is 16.6. The van der Waals surface area contributed by atoms with Gasteiger partial charge in [0.2, 0.25) is 0 Å². The second-order valence-electron chi connectivity index (χ2n) is 5.63. The van der Waals surface area contributed by atoms with Gasteiger partial charge in [-0.15, -0.1) is 0 Å². The Labute approximate surface area is 136 Å². The van der Waals surface area contributed by atoms with Crippen molar-refractivity contribution in [1.82, 2.24) is 4.90 Å². The maximum absolute atomic E-state index is 11.8. The number of methoxy groups -OCH3 is 1. The van der Waals surface area contributed by atoms with E-state index in [1.165, 1.54) is 13.2 Å². The zero-order chi connectivity index (χ0) is 16.8. The Balaban J connectivity index is 2.22. The summed E-state index contributed by atoms with van der Waals surface area (Å²) in [5.74, 6) is -0.680. The number of carbonyl (C=O) groups is 1. The molecule has 7 heteroatoms. The van der Waals surface area contributed by atoms with Crippen LogP contribution in [0.2, 0.25) is 0 Å². The monoisotopic (exact) mass is 321 g/mol. The molecule has 1 aliphatic heterocycles. The van der Waals surface area contributed by atoms with E-state index in [1.54, 1.807) is 12.1 Å². The fourth-order valence-electron chi connectivity index (χ4n) is 2.92. The smallest absolute Gasteiger partial charge is 0.344 e. The second kappa shape index (κ2) is 7.92. The van der Waals surface area contributed by atoms with Gasteiger partial charge in [-0.05, 0) is 38.1 Å². The lowest BCUT2D eigenvalue weighted by atomic mass is 10.1. The number of ether oxygens (including phenoxy) is 1. The number of nitro groups is 1. The molecule has 7 nitrogen and oxygen atoms in total. The molecule has 0 aliphatic carbocycles. The molecule has 1 saturated heterocycles. The fourth-order valence-corrected chi connectivity index (χ4v) is 2.92. The summed E-state index contributed by atoms with van der Waals surface area (Å²) in [6.07, 6.45) is 2.16. The molecule has 2 rings (SSSR count). The van der Waals surface area contributed by atoms with Gasteiger partial charge in [-0.25, -0.2) is 4.79 Å². The van der Waals surface area contributed by atoms with E-state index in [0.29, 0.717) is 0 Å². The first-order valence-electron chi connectivity index (χ1n) is 7.91. The highest BCUT2D eigenvalue weighted by Crippen LogP contribution is 2.26. The third kappa shape index (κ3) is 4.19. The molecule has 0 atom stereocenters. The molecule has 0 bridgehead atoms. The lowest BCUT2D eigenvalue weighted by molar-refractivity contribution is -0.385. The number of esters is 1. The molecule has 0 spiro atoms. The van der Waals surface area contributed by atoms with Crippen LogP contribution in [0.4, 0.5) is 11.4 Å². The third-order valence-electron chi connectivity index (χ3n) is 4.08. The number of carbonyl (C=O) groups excluding carboxylic acids is 1. The van der Waals surface area contributed by atoms with Gasteiger partial charge in [-0.1, -0.05) is 6.92 Å². The molecule has 1 aromatic rings. The average Bonchev–Trinajstić information content (AvgIpc) is 2.79. The van der Waals surface area contributed by atoms with Crippen molar-refractivity contribution in [3.05, 3.63) is 33.9 Å². The van der Waals surface area contributed by atoms with E-state index in [4.69, 9.17) is 0 Å². The van der Waals surface area contributed by atoms with Crippen LogP contribution in [0.3, 0.4) is 0 Å². The van der Waals surface area contributed by atoms with E-state index in [-0.39, 0.29) is 11.3 Å². The number of benzene rings is 1. The largest absolute Gasteiger partial charge is 0.465 e. The van der Waals surface area contributed by atoms with Crippen LogP contribution in [0.1, 0.15) is 30.1 Å². The molecule has 1 aromatic carbocycles. The van der Waals surface area contributed by atoms with Crippen molar-refractivity contribution in [1.29, 1.82) is 0 Å². The number of nitro benzene ring substituents is 1. The highest BCUT2D eigenvalue weighted by Gasteiger charge is 2.23. The second-order valence-corrected chi connectivity index (χ2v) is 5.63. The van der Waals surface area contributed by atoms with Crippen LogP contribution in [0, 0.1) is 10.1 Å². The van der Waals surface area contributed by atoms with Crippen LogP contribution in [0.15, 0.2) is 18.2 Å². The van der Waals surface area contributed by atoms with Crippen molar-refractivity contribution in [2.24, 2.45) is 0 Å². The normalized spacial score (nSPS) is 16.0. The summed E-state index contributed by atoms with van der Waals surface area (Å²) in [4.78, 5) is 26.9. The number of anilines is 1. The summed E-state index contributed by atoms with van der Waals surface area (Å²) in [5.41, 5.74) is 0.613. The predicted molar refractivity (Wildman–Crippen MR) is 88.0 cm³/mol. The minimum atomic E-state index is -0.680. The molecule has 1 aliphatic rings. The van der Waals surface area contributed by atoms with Crippen LogP contribution >= 0.6 is 0 Å². The highest BCUT2D eigenvalue weighted by molar-refractivity contribution is 5.95. The summed E-state index contributed by atoms with van der Waals surface area (Å²) in [5, 5.41) is 11.1. The Hall–Kier alpha value is -2.15. The van der Waals surface area contributed by atoms with Gasteiger partial charge >= 0.3 is 5.97 Å². The number of nitrogens with zero attached hydrogens (tertiary/aromatic N) is 3. The molecule has 0 N–H and O–H groups in total. The lowest BCUT2D eigenvalue weighted by Gasteiger charge is -2.23. The van der Waals surface area contributed by atoms with Gasteiger partial charge in [0.25, 0.3) is 5.69 Å². The molecular weight excluding hydrogens is 298 g/mol. The molecule has 0 unspecified atom stereocenters. The maximum atomic E-state index is 11.8. The molecule has 1 heterocycles. The summed E-state index contributed by atoms with van der Waals surface area (Å²) < 4.78 is 4.67. The lowest BCUT2D eigenvalue weighted by Crippen LogP contribution is -2.31. The number of hydrogen-bond donors (Lipinski definition) is 0. The molecule has 23 heavy (non-hydrogen) atoms. The minimum Gasteiger partial charge on any atom is -0.465 e. The van der Waals surface area contributed by atoms with Crippen molar-refractivity contribution in [2.45, 2.75) is 19.8 Å². The van der Waals surface area contributed by atoms with Crippen molar-refractivity contribution in [2.75, 3.05) is 44.7 Å². The van der Waals surface area contributed by atoms with Gasteiger partial charge in [0, 0.05) is 31.4 Å². The average molecular weight is 321 g/mol. The topological polar surface area (TPSA) is 75.9 Å². The quantitative estimate of drug-likeness (QED) is 0.470. The van der Waals surface area contributed by atoms with E-state index in [1.807, 2.05) is 0 Å². The Morgan fingerprint density at radius 3 is 2.74 bits per heavy atom. The SMILES string of the molecule is CCCN1CCCN(c2ccc([N+](=O)[O-])c(C(=O)OC)c2)CC1. The molecule has 1 fully saturated rings. The Kier molecular flexibility index (Phi) is 5.92. The molecule has 0 saturated carbocycles. The summed E-state index contributed by atoms with van der Waals surface area (Å²) >= 11 is 0. The van der Waals surface area contributed by atoms with Gasteiger partial charge in [0.1, 0.15) is 5.56 Å². The first-order chi connectivity index (χ1) is 11.1. The zero-order valence-electron chi connectivity index (χ0n) is 13.7. The Morgan fingerprint density at radius 1 is 1.30 bits per heavy atom. The van der Waals surface area contributed by atoms with Gasteiger partial charge in [-0.3, -0.25) is 10.1 Å². The van der Waals surface area contributed by atoms with Crippen molar-refractivity contribution in [3.8, 4) is 0 Å².